The molecule has 31 heavy (non-hydrogen) atoms. The average Bonchev–Trinajstić information content (AvgIpc) is 2.79. The zero-order valence-electron chi connectivity index (χ0n) is 17.1. The minimum atomic E-state index is -0.536. The van der Waals surface area contributed by atoms with Crippen LogP contribution in [0.2, 0.25) is 0 Å². The normalized spacial score (nSPS) is 10.3. The minimum absolute atomic E-state index is 0.0682. The molecule has 0 aliphatic heterocycles. The third kappa shape index (κ3) is 6.30. The first-order chi connectivity index (χ1) is 15.0. The molecular formula is C24H23FN2O4. The molecule has 0 saturated heterocycles. The fraction of sp³-hybridized carbons (Fsp3) is 0.167. The molecule has 3 aromatic carbocycles. The molecule has 0 aromatic heterocycles. The van der Waals surface area contributed by atoms with Crippen molar-refractivity contribution in [3.63, 3.8) is 0 Å². The Morgan fingerprint density at radius 3 is 2.35 bits per heavy atom. The highest BCUT2D eigenvalue weighted by atomic mass is 19.1. The number of ether oxygens (including phenoxy) is 2. The Kier molecular flexibility index (Phi) is 7.59. The third-order valence-electron chi connectivity index (χ3n) is 4.41. The van der Waals surface area contributed by atoms with Crippen LogP contribution in [0.15, 0.2) is 78.9 Å². The standard InChI is InChI=1S/C24H23FN2O4/c1-27(15-16-30-18-9-3-2-4-10-18)24(29)19-11-5-8-14-22(19)31-17-23(28)26-21-13-7-6-12-20(21)25/h2-14H,15-17H2,1H3,(H,26,28). The van der Waals surface area contributed by atoms with Crippen LogP contribution in [0.25, 0.3) is 0 Å². The van der Waals surface area contributed by atoms with Gasteiger partial charge in [0.2, 0.25) is 0 Å². The second-order valence-corrected chi connectivity index (χ2v) is 6.70. The molecular weight excluding hydrogens is 399 g/mol. The van der Waals surface area contributed by atoms with Gasteiger partial charge in [-0.15, -0.1) is 0 Å². The molecule has 2 amide bonds. The highest BCUT2D eigenvalue weighted by Gasteiger charge is 2.17. The van der Waals surface area contributed by atoms with E-state index in [-0.39, 0.29) is 24.0 Å². The summed E-state index contributed by atoms with van der Waals surface area (Å²) < 4.78 is 24.8. The first-order valence-electron chi connectivity index (χ1n) is 9.74. The van der Waals surface area contributed by atoms with Crippen molar-refractivity contribution in [3.05, 3.63) is 90.2 Å². The first-order valence-corrected chi connectivity index (χ1v) is 9.74. The van der Waals surface area contributed by atoms with Crippen molar-refractivity contribution in [2.75, 3.05) is 32.1 Å². The smallest absolute Gasteiger partial charge is 0.262 e. The van der Waals surface area contributed by atoms with Crippen molar-refractivity contribution >= 4 is 17.5 Å². The predicted molar refractivity (Wildman–Crippen MR) is 116 cm³/mol. The first kappa shape index (κ1) is 21.8. The van der Waals surface area contributed by atoms with E-state index in [4.69, 9.17) is 9.47 Å². The van der Waals surface area contributed by atoms with E-state index in [1.54, 1.807) is 37.4 Å². The lowest BCUT2D eigenvalue weighted by atomic mass is 10.2. The second-order valence-electron chi connectivity index (χ2n) is 6.70. The summed E-state index contributed by atoms with van der Waals surface area (Å²) in [6.07, 6.45) is 0. The summed E-state index contributed by atoms with van der Waals surface area (Å²) in [6.45, 7) is 0.343. The SMILES string of the molecule is CN(CCOc1ccccc1)C(=O)c1ccccc1OCC(=O)Nc1ccccc1F. The molecule has 0 unspecified atom stereocenters. The van der Waals surface area contributed by atoms with Crippen molar-refractivity contribution in [3.8, 4) is 11.5 Å². The number of para-hydroxylation sites is 3. The van der Waals surface area contributed by atoms with Gasteiger partial charge in [-0.05, 0) is 36.4 Å². The Bertz CT molecular complexity index is 1030. The summed E-state index contributed by atoms with van der Waals surface area (Å²) in [5.74, 6) is -0.329. The van der Waals surface area contributed by atoms with Crippen molar-refractivity contribution in [1.29, 1.82) is 0 Å². The Hall–Kier alpha value is -3.87. The second kappa shape index (κ2) is 10.8. The number of carbonyl (C=O) groups excluding carboxylic acids is 2. The van der Waals surface area contributed by atoms with Gasteiger partial charge in [-0.1, -0.05) is 42.5 Å². The Labute approximate surface area is 180 Å². The highest BCUT2D eigenvalue weighted by Crippen LogP contribution is 2.20. The number of amides is 2. The van der Waals surface area contributed by atoms with Crippen molar-refractivity contribution in [1.82, 2.24) is 4.90 Å². The summed E-state index contributed by atoms with van der Waals surface area (Å²) in [5.41, 5.74) is 0.391. The number of halogens is 1. The maximum atomic E-state index is 13.7. The Morgan fingerprint density at radius 2 is 1.58 bits per heavy atom. The van der Waals surface area contributed by atoms with E-state index >= 15 is 0 Å². The third-order valence-corrected chi connectivity index (χ3v) is 4.41. The quantitative estimate of drug-likeness (QED) is 0.566. The fourth-order valence-electron chi connectivity index (χ4n) is 2.79. The molecule has 160 valence electrons. The van der Waals surface area contributed by atoms with Crippen LogP contribution in [-0.4, -0.2) is 43.5 Å². The van der Waals surface area contributed by atoms with E-state index in [0.29, 0.717) is 18.7 Å². The lowest BCUT2D eigenvalue weighted by molar-refractivity contribution is -0.118. The number of anilines is 1. The molecule has 6 nitrogen and oxygen atoms in total. The number of rotatable bonds is 9. The maximum absolute atomic E-state index is 13.7. The highest BCUT2D eigenvalue weighted by molar-refractivity contribution is 5.97. The van der Waals surface area contributed by atoms with Gasteiger partial charge in [-0.25, -0.2) is 4.39 Å². The van der Waals surface area contributed by atoms with Gasteiger partial charge < -0.3 is 19.7 Å². The number of nitrogens with zero attached hydrogens (tertiary/aromatic N) is 1. The molecule has 0 bridgehead atoms. The summed E-state index contributed by atoms with van der Waals surface area (Å²) >= 11 is 0. The van der Waals surface area contributed by atoms with Gasteiger partial charge in [0.15, 0.2) is 6.61 Å². The maximum Gasteiger partial charge on any atom is 0.262 e. The van der Waals surface area contributed by atoms with Crippen LogP contribution in [0.5, 0.6) is 11.5 Å². The Balaban J connectivity index is 1.55. The molecule has 3 rings (SSSR count). The van der Waals surface area contributed by atoms with Gasteiger partial charge in [0, 0.05) is 7.05 Å². The van der Waals surface area contributed by atoms with E-state index in [1.807, 2.05) is 30.3 Å². The van der Waals surface area contributed by atoms with Gasteiger partial charge in [0.25, 0.3) is 11.8 Å². The summed E-state index contributed by atoms with van der Waals surface area (Å²) in [4.78, 5) is 26.5. The molecule has 0 atom stereocenters. The van der Waals surface area contributed by atoms with Crippen LogP contribution in [0.4, 0.5) is 10.1 Å². The molecule has 0 spiro atoms. The van der Waals surface area contributed by atoms with Crippen LogP contribution in [-0.2, 0) is 4.79 Å². The van der Waals surface area contributed by atoms with Crippen molar-refractivity contribution in [2.45, 2.75) is 0 Å². The van der Waals surface area contributed by atoms with Gasteiger partial charge >= 0.3 is 0 Å². The van der Waals surface area contributed by atoms with E-state index in [1.165, 1.54) is 23.1 Å². The summed E-state index contributed by atoms with van der Waals surface area (Å²) in [7, 11) is 1.67. The summed E-state index contributed by atoms with van der Waals surface area (Å²) in [5, 5.41) is 2.44. The van der Waals surface area contributed by atoms with E-state index in [0.717, 1.165) is 5.75 Å². The molecule has 0 aliphatic rings. The van der Waals surface area contributed by atoms with E-state index < -0.39 is 11.7 Å². The molecule has 7 heteroatoms. The number of carbonyl (C=O) groups is 2. The monoisotopic (exact) mass is 422 g/mol. The fourth-order valence-corrected chi connectivity index (χ4v) is 2.79. The lowest BCUT2D eigenvalue weighted by Gasteiger charge is -2.19. The lowest BCUT2D eigenvalue weighted by Crippen LogP contribution is -2.31. The number of nitrogens with one attached hydrogen (secondary N) is 1. The van der Waals surface area contributed by atoms with E-state index in [9.17, 15) is 14.0 Å². The topological polar surface area (TPSA) is 67.9 Å². The van der Waals surface area contributed by atoms with Crippen LogP contribution in [0.3, 0.4) is 0 Å². The molecule has 1 N–H and O–H groups in total. The molecule has 0 radical (unpaired) electrons. The molecule has 0 fully saturated rings. The Morgan fingerprint density at radius 1 is 0.903 bits per heavy atom. The number of hydrogen-bond acceptors (Lipinski definition) is 4. The largest absolute Gasteiger partial charge is 0.492 e. The van der Waals surface area contributed by atoms with Crippen LogP contribution in [0.1, 0.15) is 10.4 Å². The van der Waals surface area contributed by atoms with Crippen molar-refractivity contribution < 1.29 is 23.5 Å². The van der Waals surface area contributed by atoms with Gasteiger partial charge in [-0.3, -0.25) is 9.59 Å². The molecule has 0 saturated carbocycles. The van der Waals surface area contributed by atoms with E-state index in [2.05, 4.69) is 5.32 Å². The molecule has 3 aromatic rings. The minimum Gasteiger partial charge on any atom is -0.492 e. The molecule has 0 aliphatic carbocycles. The number of hydrogen-bond donors (Lipinski definition) is 1. The van der Waals surface area contributed by atoms with Gasteiger partial charge in [0.1, 0.15) is 23.9 Å². The average molecular weight is 422 g/mol. The number of likely N-dealkylation sites (N-methyl/N-ethyl adjacent to an activating group) is 1. The van der Waals surface area contributed by atoms with Crippen LogP contribution < -0.4 is 14.8 Å². The van der Waals surface area contributed by atoms with Gasteiger partial charge in [0.05, 0.1) is 17.8 Å². The zero-order valence-corrected chi connectivity index (χ0v) is 17.1. The van der Waals surface area contributed by atoms with Crippen molar-refractivity contribution in [2.24, 2.45) is 0 Å². The summed E-state index contributed by atoms with van der Waals surface area (Å²) in [6, 6.07) is 21.9. The molecule has 0 heterocycles. The predicted octanol–water partition coefficient (Wildman–Crippen LogP) is 3.99. The van der Waals surface area contributed by atoms with Gasteiger partial charge in [-0.2, -0.15) is 0 Å². The number of benzene rings is 3. The van der Waals surface area contributed by atoms with Crippen LogP contribution in [0, 0.1) is 5.82 Å². The van der Waals surface area contributed by atoms with Crippen LogP contribution >= 0.6 is 0 Å². The zero-order chi connectivity index (χ0) is 22.1.